The number of aromatic nitrogens is 2. The maximum Gasteiger partial charge on any atom is 0.344 e. The summed E-state index contributed by atoms with van der Waals surface area (Å²) in [6.45, 7) is 0. The molecule has 3 atom stereocenters. The van der Waals surface area contributed by atoms with Crippen LogP contribution in [0.25, 0.3) is 21.5 Å². The van der Waals surface area contributed by atoms with E-state index in [0.29, 0.717) is 22.7 Å². The van der Waals surface area contributed by atoms with Gasteiger partial charge in [-0.15, -0.1) is 0 Å². The van der Waals surface area contributed by atoms with Crippen molar-refractivity contribution in [2.24, 2.45) is 0 Å². The summed E-state index contributed by atoms with van der Waals surface area (Å²) in [5.41, 5.74) is -1.23. The molecule has 2 aliphatic heterocycles. The van der Waals surface area contributed by atoms with E-state index < -0.39 is 29.5 Å². The lowest BCUT2D eigenvalue weighted by Gasteiger charge is -2.38. The van der Waals surface area contributed by atoms with Gasteiger partial charge in [-0.05, 0) is 49.9 Å². The maximum absolute atomic E-state index is 15.3. The second kappa shape index (κ2) is 10.2. The first kappa shape index (κ1) is 27.5. The van der Waals surface area contributed by atoms with Crippen LogP contribution in [0.4, 0.5) is 13.9 Å². The first-order valence-electron chi connectivity index (χ1n) is 13.5. The number of rotatable bonds is 6. The number of fused-ring (bicyclic) bond motifs is 3. The first-order valence-corrected chi connectivity index (χ1v) is 15.0. The van der Waals surface area contributed by atoms with Crippen LogP contribution in [0.15, 0.2) is 34.9 Å². The summed E-state index contributed by atoms with van der Waals surface area (Å²) in [7, 11) is 1.25. The van der Waals surface area contributed by atoms with Gasteiger partial charge in [-0.2, -0.15) is 0 Å². The van der Waals surface area contributed by atoms with Gasteiger partial charge in [-0.3, -0.25) is 0 Å². The zero-order valence-corrected chi connectivity index (χ0v) is 24.5. The Balaban J connectivity index is 1.15. The highest BCUT2D eigenvalue weighted by Crippen LogP contribution is 2.53. The smallest absolute Gasteiger partial charge is 0.344 e. The van der Waals surface area contributed by atoms with Crippen molar-refractivity contribution in [2.45, 2.75) is 62.4 Å². The molecule has 3 fully saturated rings. The number of carbonyl (C=O) groups excluding carboxylic acids is 2. The van der Waals surface area contributed by atoms with Crippen LogP contribution in [-0.4, -0.2) is 47.4 Å². The highest BCUT2D eigenvalue weighted by atomic mass is 35.5. The van der Waals surface area contributed by atoms with E-state index >= 15 is 4.39 Å². The van der Waals surface area contributed by atoms with Crippen LogP contribution in [-0.2, 0) is 15.1 Å². The summed E-state index contributed by atoms with van der Waals surface area (Å²) >= 11 is 14.1. The molecule has 4 heterocycles. The third-order valence-electron chi connectivity index (χ3n) is 8.23. The van der Waals surface area contributed by atoms with E-state index in [1.165, 1.54) is 18.4 Å². The highest BCUT2D eigenvalue weighted by Gasteiger charge is 2.53. The Bertz CT molecular complexity index is 1720. The minimum atomic E-state index is -1.79. The van der Waals surface area contributed by atoms with E-state index in [0.717, 1.165) is 18.9 Å². The van der Waals surface area contributed by atoms with Gasteiger partial charge in [0.25, 0.3) is 0 Å². The molecule has 1 aliphatic carbocycles. The molecule has 8 nitrogen and oxygen atoms in total. The number of esters is 2. The summed E-state index contributed by atoms with van der Waals surface area (Å²) in [4.78, 5) is 32.3. The van der Waals surface area contributed by atoms with E-state index in [2.05, 4.69) is 15.0 Å². The largest absolute Gasteiger partial charge is 0.465 e. The van der Waals surface area contributed by atoms with Crippen LogP contribution in [0.3, 0.4) is 0 Å². The van der Waals surface area contributed by atoms with Gasteiger partial charge < -0.3 is 18.9 Å². The molecule has 4 aromatic rings. The quantitative estimate of drug-likeness (QED) is 0.201. The molecule has 1 saturated carbocycles. The van der Waals surface area contributed by atoms with Crippen molar-refractivity contribution in [3.05, 3.63) is 63.1 Å². The summed E-state index contributed by atoms with van der Waals surface area (Å²) < 4.78 is 46.7. The number of hydrogen-bond acceptors (Lipinski definition) is 9. The minimum absolute atomic E-state index is 0.000582. The maximum atomic E-state index is 15.3. The van der Waals surface area contributed by atoms with Gasteiger partial charge in [0, 0.05) is 30.5 Å². The minimum Gasteiger partial charge on any atom is -0.465 e. The fraction of sp³-hybridized carbons (Fsp3) is 0.379. The molecular formula is C29H23Cl2F2N3O5S. The number of methoxy groups -OCH3 is 1. The molecule has 2 aromatic heterocycles. The van der Waals surface area contributed by atoms with Crippen LogP contribution in [0, 0.1) is 5.82 Å². The predicted molar refractivity (Wildman–Crippen MR) is 153 cm³/mol. The first-order chi connectivity index (χ1) is 20.2. The van der Waals surface area contributed by atoms with Gasteiger partial charge >= 0.3 is 11.9 Å². The second-order valence-electron chi connectivity index (χ2n) is 10.9. The normalized spacial score (nSPS) is 22.4. The monoisotopic (exact) mass is 633 g/mol. The van der Waals surface area contributed by atoms with Crippen molar-refractivity contribution in [3.63, 3.8) is 0 Å². The van der Waals surface area contributed by atoms with Crippen molar-refractivity contribution in [2.75, 3.05) is 12.0 Å². The Morgan fingerprint density at radius 3 is 2.45 bits per heavy atom. The molecule has 2 bridgehead atoms. The highest BCUT2D eigenvalue weighted by molar-refractivity contribution is 7.22. The topological polar surface area (TPSA) is 94.8 Å². The number of piperidine rings is 1. The molecule has 13 heteroatoms. The van der Waals surface area contributed by atoms with E-state index in [4.69, 9.17) is 37.2 Å². The third kappa shape index (κ3) is 4.53. The van der Waals surface area contributed by atoms with Crippen LogP contribution >= 0.6 is 34.5 Å². The van der Waals surface area contributed by atoms with Gasteiger partial charge in [-0.1, -0.05) is 45.8 Å². The average Bonchev–Trinajstić information content (AvgIpc) is 3.26. The van der Waals surface area contributed by atoms with Gasteiger partial charge in [-0.25, -0.2) is 23.4 Å². The van der Waals surface area contributed by atoms with Gasteiger partial charge in [0.2, 0.25) is 0 Å². The number of thiazole rings is 1. The molecule has 2 aromatic carbocycles. The predicted octanol–water partition coefficient (Wildman–Crippen LogP) is 7.50. The molecule has 2 saturated heterocycles. The summed E-state index contributed by atoms with van der Waals surface area (Å²) in [6.07, 6.45) is 2.69. The number of ether oxygens (including phenoxy) is 2. The SMILES string of the molecule is COC(=O)c1cc(F)c2nc(N3[C@@H]4CC[C@H]3C[C@H](OC(=O)c3c(-c5c(Cl)cccc5Cl)noc3C3(F)CC3)C4)sc2c1. The number of anilines is 1. The Labute approximate surface area is 252 Å². The molecule has 0 spiro atoms. The second-order valence-corrected chi connectivity index (χ2v) is 12.7. The fourth-order valence-corrected chi connectivity index (χ4v) is 7.83. The van der Waals surface area contributed by atoms with E-state index in [-0.39, 0.29) is 68.6 Å². The molecule has 0 radical (unpaired) electrons. The Kier molecular flexibility index (Phi) is 6.67. The standard InChI is InChI=1S/C29H23Cl2F2N3O5S/c1-39-26(37)13-9-19(32)23-20(10-13)42-28(34-23)36-14-5-6-15(36)12-16(11-14)40-27(38)22-24(21-17(30)3-2-4-18(21)31)35-41-25(22)29(33)7-8-29/h2-4,9-10,14-16H,5-8,11-12H2,1H3/t14-,15+,16-. The summed E-state index contributed by atoms with van der Waals surface area (Å²) in [5.74, 6) is -2.12. The zero-order valence-electron chi connectivity index (χ0n) is 22.2. The molecular weight excluding hydrogens is 611 g/mol. The summed E-state index contributed by atoms with van der Waals surface area (Å²) in [6, 6.07) is 7.58. The van der Waals surface area contributed by atoms with Crippen molar-refractivity contribution in [1.82, 2.24) is 10.1 Å². The van der Waals surface area contributed by atoms with Crippen LogP contribution < -0.4 is 4.90 Å². The lowest BCUT2D eigenvalue weighted by atomic mass is 9.99. The number of halogens is 4. The summed E-state index contributed by atoms with van der Waals surface area (Å²) in [5, 5.41) is 5.16. The molecule has 7 rings (SSSR count). The van der Waals surface area contributed by atoms with E-state index in [9.17, 15) is 14.0 Å². The number of nitrogens with zero attached hydrogens (tertiary/aromatic N) is 3. The molecule has 3 aliphatic rings. The molecule has 0 unspecified atom stereocenters. The molecule has 0 N–H and O–H groups in total. The fourth-order valence-electron chi connectivity index (χ4n) is 6.09. The van der Waals surface area contributed by atoms with Crippen molar-refractivity contribution in [1.29, 1.82) is 0 Å². The Hall–Kier alpha value is -3.28. The third-order valence-corrected chi connectivity index (χ3v) is 9.88. The van der Waals surface area contributed by atoms with Gasteiger partial charge in [0.1, 0.15) is 22.9 Å². The van der Waals surface area contributed by atoms with Crippen molar-refractivity contribution < 1.29 is 32.4 Å². The molecule has 0 amide bonds. The van der Waals surface area contributed by atoms with Crippen LogP contribution in [0.1, 0.15) is 65.0 Å². The van der Waals surface area contributed by atoms with Crippen molar-refractivity contribution >= 4 is 61.8 Å². The van der Waals surface area contributed by atoms with Crippen molar-refractivity contribution in [3.8, 4) is 11.3 Å². The van der Waals surface area contributed by atoms with Crippen LogP contribution in [0.2, 0.25) is 10.0 Å². The van der Waals surface area contributed by atoms with E-state index in [1.54, 1.807) is 24.3 Å². The Morgan fingerprint density at radius 1 is 1.12 bits per heavy atom. The molecule has 218 valence electrons. The Morgan fingerprint density at radius 2 is 1.81 bits per heavy atom. The van der Waals surface area contributed by atoms with Crippen LogP contribution in [0.5, 0.6) is 0 Å². The van der Waals surface area contributed by atoms with Gasteiger partial charge in [0.05, 0.1) is 27.4 Å². The van der Waals surface area contributed by atoms with Gasteiger partial charge in [0.15, 0.2) is 22.4 Å². The molecule has 42 heavy (non-hydrogen) atoms. The average molecular weight is 634 g/mol. The number of alkyl halides is 1. The lowest BCUT2D eigenvalue weighted by Crippen LogP contribution is -2.46. The number of hydrogen-bond donors (Lipinski definition) is 0. The number of benzene rings is 2. The zero-order chi connectivity index (χ0) is 29.3. The number of carbonyl (C=O) groups is 2. The lowest BCUT2D eigenvalue weighted by molar-refractivity contribution is 0.0198. The van der Waals surface area contributed by atoms with E-state index in [1.807, 2.05) is 0 Å².